The maximum Gasteiger partial charge on any atom is 0.252 e. The highest BCUT2D eigenvalue weighted by atomic mass is 32.2. The van der Waals surface area contributed by atoms with Gasteiger partial charge in [-0.1, -0.05) is 45.0 Å². The summed E-state index contributed by atoms with van der Waals surface area (Å²) >= 11 is 1.69. The second-order valence-corrected chi connectivity index (χ2v) is 7.66. The Bertz CT molecular complexity index is 683. The van der Waals surface area contributed by atoms with E-state index in [0.29, 0.717) is 5.92 Å². The van der Waals surface area contributed by atoms with Gasteiger partial charge in [0, 0.05) is 4.90 Å². The molecular formula is C21H27NO2S. The molecule has 0 aliphatic heterocycles. The monoisotopic (exact) mass is 357 g/mol. The van der Waals surface area contributed by atoms with Crippen molar-refractivity contribution in [3.8, 4) is 5.75 Å². The summed E-state index contributed by atoms with van der Waals surface area (Å²) in [4.78, 5) is 13.9. The largest absolute Gasteiger partial charge is 0.497 e. The third-order valence-electron chi connectivity index (χ3n) is 3.96. The molecule has 0 aliphatic carbocycles. The SMILES string of the molecule is CCSc1ccccc1C(=O)NC(CC(C)C)c1ccc(OC)cc1. The molecule has 4 heteroatoms. The predicted molar refractivity (Wildman–Crippen MR) is 105 cm³/mol. The van der Waals surface area contributed by atoms with Gasteiger partial charge < -0.3 is 10.1 Å². The summed E-state index contributed by atoms with van der Waals surface area (Å²) in [5, 5.41) is 3.22. The predicted octanol–water partition coefficient (Wildman–Crippen LogP) is 5.32. The molecule has 2 rings (SSSR count). The Kier molecular flexibility index (Phi) is 7.38. The fourth-order valence-corrected chi connectivity index (χ4v) is 3.56. The Morgan fingerprint density at radius 1 is 1.12 bits per heavy atom. The van der Waals surface area contributed by atoms with Crippen LogP contribution in [0.1, 0.15) is 49.2 Å². The number of carbonyl (C=O) groups is 1. The summed E-state index contributed by atoms with van der Waals surface area (Å²) in [6.07, 6.45) is 0.890. The second-order valence-electron chi connectivity index (χ2n) is 6.36. The van der Waals surface area contributed by atoms with Gasteiger partial charge >= 0.3 is 0 Å². The number of nitrogens with one attached hydrogen (secondary N) is 1. The van der Waals surface area contributed by atoms with Gasteiger partial charge in [0.15, 0.2) is 0 Å². The zero-order chi connectivity index (χ0) is 18.2. The lowest BCUT2D eigenvalue weighted by molar-refractivity contribution is 0.0929. The Balaban J connectivity index is 2.22. The molecule has 0 saturated carbocycles. The molecule has 3 nitrogen and oxygen atoms in total. The molecule has 25 heavy (non-hydrogen) atoms. The summed E-state index contributed by atoms with van der Waals surface area (Å²) in [5.41, 5.74) is 1.85. The summed E-state index contributed by atoms with van der Waals surface area (Å²) < 4.78 is 5.23. The van der Waals surface area contributed by atoms with Gasteiger partial charge in [-0.05, 0) is 47.9 Å². The minimum atomic E-state index is -0.0157. The normalized spacial score (nSPS) is 12.0. The van der Waals surface area contributed by atoms with Gasteiger partial charge in [0.1, 0.15) is 5.75 Å². The Hall–Kier alpha value is -1.94. The molecule has 1 atom stereocenters. The summed E-state index contributed by atoms with van der Waals surface area (Å²) in [5.74, 6) is 2.23. The number of hydrogen-bond donors (Lipinski definition) is 1. The fraction of sp³-hybridized carbons (Fsp3) is 0.381. The van der Waals surface area contributed by atoms with E-state index in [0.717, 1.165) is 33.9 Å². The van der Waals surface area contributed by atoms with Crippen LogP contribution in [0.3, 0.4) is 0 Å². The maximum absolute atomic E-state index is 12.9. The van der Waals surface area contributed by atoms with Crippen molar-refractivity contribution < 1.29 is 9.53 Å². The number of thioether (sulfide) groups is 1. The van der Waals surface area contributed by atoms with Crippen LogP contribution < -0.4 is 10.1 Å². The first-order chi connectivity index (χ1) is 12.0. The van der Waals surface area contributed by atoms with Crippen molar-refractivity contribution in [3.05, 3.63) is 59.7 Å². The average molecular weight is 358 g/mol. The van der Waals surface area contributed by atoms with Crippen LogP contribution in [0.4, 0.5) is 0 Å². The molecule has 1 N–H and O–H groups in total. The van der Waals surface area contributed by atoms with Crippen molar-refractivity contribution in [3.63, 3.8) is 0 Å². The van der Waals surface area contributed by atoms with Crippen molar-refractivity contribution in [2.24, 2.45) is 5.92 Å². The highest BCUT2D eigenvalue weighted by Gasteiger charge is 2.19. The standard InChI is InChI=1S/C21H27NO2S/c1-5-25-20-9-7-6-8-18(20)21(23)22-19(14-15(2)3)16-10-12-17(24-4)13-11-16/h6-13,15,19H,5,14H2,1-4H3,(H,22,23). The van der Waals surface area contributed by atoms with Gasteiger partial charge in [-0.3, -0.25) is 4.79 Å². The Morgan fingerprint density at radius 3 is 2.40 bits per heavy atom. The first-order valence-corrected chi connectivity index (χ1v) is 9.70. The van der Waals surface area contributed by atoms with Crippen molar-refractivity contribution >= 4 is 17.7 Å². The van der Waals surface area contributed by atoms with Crippen molar-refractivity contribution in [2.75, 3.05) is 12.9 Å². The van der Waals surface area contributed by atoms with Crippen molar-refractivity contribution in [1.82, 2.24) is 5.32 Å². The number of carbonyl (C=O) groups excluding carboxylic acids is 1. The Morgan fingerprint density at radius 2 is 1.80 bits per heavy atom. The fourth-order valence-electron chi connectivity index (χ4n) is 2.76. The van der Waals surface area contributed by atoms with Crippen LogP contribution in [-0.2, 0) is 0 Å². The molecule has 0 saturated heterocycles. The van der Waals surface area contributed by atoms with E-state index in [1.807, 2.05) is 48.5 Å². The van der Waals surface area contributed by atoms with Crippen molar-refractivity contribution in [2.45, 2.75) is 38.1 Å². The van der Waals surface area contributed by atoms with E-state index in [-0.39, 0.29) is 11.9 Å². The minimum absolute atomic E-state index is 0.0157. The lowest BCUT2D eigenvalue weighted by Gasteiger charge is -2.22. The molecule has 0 aromatic heterocycles. The van der Waals surface area contributed by atoms with E-state index in [2.05, 4.69) is 26.1 Å². The Labute approximate surface area is 155 Å². The lowest BCUT2D eigenvalue weighted by Crippen LogP contribution is -2.30. The van der Waals surface area contributed by atoms with Crippen LogP contribution in [0.25, 0.3) is 0 Å². The number of methoxy groups -OCH3 is 1. The third-order valence-corrected chi connectivity index (χ3v) is 4.92. The van der Waals surface area contributed by atoms with Crippen LogP contribution in [0.2, 0.25) is 0 Å². The summed E-state index contributed by atoms with van der Waals surface area (Å²) in [6, 6.07) is 15.7. The van der Waals surface area contributed by atoms with E-state index in [4.69, 9.17) is 4.74 Å². The zero-order valence-corrected chi connectivity index (χ0v) is 16.2. The molecule has 0 spiro atoms. The molecule has 2 aromatic carbocycles. The summed E-state index contributed by atoms with van der Waals surface area (Å²) in [6.45, 7) is 6.44. The van der Waals surface area contributed by atoms with Gasteiger partial charge in [0.05, 0.1) is 18.7 Å². The summed E-state index contributed by atoms with van der Waals surface area (Å²) in [7, 11) is 1.66. The van der Waals surface area contributed by atoms with Gasteiger partial charge in [-0.2, -0.15) is 0 Å². The first kappa shape index (κ1) is 19.4. The van der Waals surface area contributed by atoms with E-state index >= 15 is 0 Å². The van der Waals surface area contributed by atoms with E-state index < -0.39 is 0 Å². The van der Waals surface area contributed by atoms with Crippen molar-refractivity contribution in [1.29, 1.82) is 0 Å². The third kappa shape index (κ3) is 5.53. The van der Waals surface area contributed by atoms with Gasteiger partial charge in [-0.25, -0.2) is 0 Å². The minimum Gasteiger partial charge on any atom is -0.497 e. The highest BCUT2D eigenvalue weighted by molar-refractivity contribution is 7.99. The van der Waals surface area contributed by atoms with Crippen LogP contribution in [0, 0.1) is 5.92 Å². The van der Waals surface area contributed by atoms with E-state index in [1.165, 1.54) is 0 Å². The van der Waals surface area contributed by atoms with Gasteiger partial charge in [0.25, 0.3) is 5.91 Å². The molecular weight excluding hydrogens is 330 g/mol. The average Bonchev–Trinajstić information content (AvgIpc) is 2.61. The lowest BCUT2D eigenvalue weighted by atomic mass is 9.96. The number of amides is 1. The number of ether oxygens (including phenoxy) is 1. The maximum atomic E-state index is 12.9. The van der Waals surface area contributed by atoms with E-state index in [1.54, 1.807) is 18.9 Å². The van der Waals surface area contributed by atoms with Crippen LogP contribution in [0.15, 0.2) is 53.4 Å². The molecule has 0 aliphatic rings. The van der Waals surface area contributed by atoms with Gasteiger partial charge in [-0.15, -0.1) is 11.8 Å². The molecule has 1 unspecified atom stereocenters. The zero-order valence-electron chi connectivity index (χ0n) is 15.4. The smallest absolute Gasteiger partial charge is 0.252 e. The number of hydrogen-bond acceptors (Lipinski definition) is 3. The number of rotatable bonds is 8. The van der Waals surface area contributed by atoms with E-state index in [9.17, 15) is 4.79 Å². The molecule has 1 amide bonds. The molecule has 0 radical (unpaired) electrons. The molecule has 134 valence electrons. The molecule has 0 bridgehead atoms. The number of benzene rings is 2. The quantitative estimate of drug-likeness (QED) is 0.649. The van der Waals surface area contributed by atoms with Crippen LogP contribution in [-0.4, -0.2) is 18.8 Å². The van der Waals surface area contributed by atoms with Gasteiger partial charge in [0.2, 0.25) is 0 Å². The molecule has 0 fully saturated rings. The molecule has 2 aromatic rings. The molecule has 0 heterocycles. The van der Waals surface area contributed by atoms with Crippen LogP contribution in [0.5, 0.6) is 5.75 Å². The first-order valence-electron chi connectivity index (χ1n) is 8.71. The highest BCUT2D eigenvalue weighted by Crippen LogP contribution is 2.26. The second kappa shape index (κ2) is 9.52. The topological polar surface area (TPSA) is 38.3 Å². The van der Waals surface area contributed by atoms with Crippen LogP contribution >= 0.6 is 11.8 Å².